The van der Waals surface area contributed by atoms with E-state index in [1.807, 2.05) is 41.5 Å². The van der Waals surface area contributed by atoms with Crippen LogP contribution in [-0.2, 0) is 44.4 Å². The molecule has 0 amide bonds. The zero-order valence-electron chi connectivity index (χ0n) is 16.7. The SMILES string of the molecule is CCC(C)O[Si](OC(C)CC)(OC(C)CC)[O][Ti]([O]C)([O]C)[O]C. The third kappa shape index (κ3) is 7.90. The molecular weight excluding hydrogens is 368 g/mol. The first-order chi connectivity index (χ1) is 11.3. The van der Waals surface area contributed by atoms with Gasteiger partial charge >= 0.3 is 154 Å². The Morgan fingerprint density at radius 3 is 1.17 bits per heavy atom. The molecule has 0 N–H and O–H groups in total. The molecule has 0 heterocycles. The molecule has 0 fully saturated rings. The van der Waals surface area contributed by atoms with Gasteiger partial charge in [-0.1, -0.05) is 0 Å². The molecule has 146 valence electrons. The van der Waals surface area contributed by atoms with Gasteiger partial charge in [0, 0.05) is 0 Å². The van der Waals surface area contributed by atoms with E-state index in [2.05, 4.69) is 0 Å². The average Bonchev–Trinajstić information content (AvgIpc) is 2.59. The van der Waals surface area contributed by atoms with E-state index in [4.69, 9.17) is 26.2 Å². The molecule has 0 saturated heterocycles. The molecule has 3 atom stereocenters. The van der Waals surface area contributed by atoms with Gasteiger partial charge in [-0.15, -0.1) is 0 Å². The fraction of sp³-hybridized carbons (Fsp3) is 1.00. The molecule has 24 heavy (non-hydrogen) atoms. The molecule has 0 aliphatic heterocycles. The maximum absolute atomic E-state index is 6.18. The zero-order valence-corrected chi connectivity index (χ0v) is 19.3. The number of rotatable bonds is 14. The van der Waals surface area contributed by atoms with E-state index in [0.717, 1.165) is 19.3 Å². The first kappa shape index (κ1) is 24.7. The van der Waals surface area contributed by atoms with Crippen LogP contribution in [0.3, 0.4) is 0 Å². The Bertz CT molecular complexity index is 291. The molecule has 0 rings (SSSR count). The van der Waals surface area contributed by atoms with Gasteiger partial charge in [-0.2, -0.15) is 0 Å². The van der Waals surface area contributed by atoms with Crippen LogP contribution in [0.4, 0.5) is 0 Å². The first-order valence-corrected chi connectivity index (χ1v) is 12.8. The van der Waals surface area contributed by atoms with Crippen molar-refractivity contribution in [1.29, 1.82) is 0 Å². The Hall–Kier alpha value is 0.651. The second-order valence-electron chi connectivity index (χ2n) is 5.72. The predicted octanol–water partition coefficient (Wildman–Crippen LogP) is 3.64. The maximum atomic E-state index is 6.18. The molecule has 0 aromatic heterocycles. The van der Waals surface area contributed by atoms with Crippen molar-refractivity contribution < 1.29 is 44.4 Å². The monoisotopic (exact) mass is 404 g/mol. The van der Waals surface area contributed by atoms with Crippen molar-refractivity contribution in [3.05, 3.63) is 0 Å². The van der Waals surface area contributed by atoms with E-state index in [0.29, 0.717) is 0 Å². The van der Waals surface area contributed by atoms with Crippen molar-refractivity contribution in [3.63, 3.8) is 0 Å². The van der Waals surface area contributed by atoms with E-state index in [1.54, 1.807) is 0 Å². The Labute approximate surface area is 154 Å². The molecule has 0 spiro atoms. The molecule has 0 saturated carbocycles. The molecule has 0 aliphatic carbocycles. The summed E-state index contributed by atoms with van der Waals surface area (Å²) in [5, 5.41) is 0. The van der Waals surface area contributed by atoms with Crippen LogP contribution >= 0.6 is 0 Å². The summed E-state index contributed by atoms with van der Waals surface area (Å²) in [6.07, 6.45) is 2.15. The normalized spacial score (nSPS) is 18.9. The summed E-state index contributed by atoms with van der Waals surface area (Å²) in [5.74, 6) is 0. The van der Waals surface area contributed by atoms with E-state index >= 15 is 0 Å². The molecule has 0 bridgehead atoms. The van der Waals surface area contributed by atoms with E-state index in [-0.39, 0.29) is 18.3 Å². The first-order valence-electron chi connectivity index (χ1n) is 8.64. The second-order valence-corrected chi connectivity index (χ2v) is 12.1. The Balaban J connectivity index is 5.73. The van der Waals surface area contributed by atoms with Crippen LogP contribution in [0, 0.1) is 0 Å². The van der Waals surface area contributed by atoms with E-state index < -0.39 is 27.2 Å². The van der Waals surface area contributed by atoms with Crippen molar-refractivity contribution >= 4 is 9.05 Å². The molecule has 0 aliphatic rings. The molecule has 0 aromatic rings. The number of hydrogen-bond donors (Lipinski definition) is 0. The van der Waals surface area contributed by atoms with Crippen LogP contribution in [0.2, 0.25) is 0 Å². The summed E-state index contributed by atoms with van der Waals surface area (Å²) in [5.41, 5.74) is 0. The fourth-order valence-corrected chi connectivity index (χ4v) is 8.58. The van der Waals surface area contributed by atoms with Crippen molar-refractivity contribution in [2.45, 2.75) is 79.1 Å². The van der Waals surface area contributed by atoms with Crippen LogP contribution in [0.15, 0.2) is 0 Å². The Morgan fingerprint density at radius 2 is 0.958 bits per heavy atom. The molecule has 7 nitrogen and oxygen atoms in total. The van der Waals surface area contributed by atoms with Crippen LogP contribution in [0.1, 0.15) is 60.8 Å². The summed E-state index contributed by atoms with van der Waals surface area (Å²) in [6.45, 7) is 12.0. The summed E-state index contributed by atoms with van der Waals surface area (Å²) < 4.78 is 41.1. The van der Waals surface area contributed by atoms with Gasteiger partial charge in [0.05, 0.1) is 0 Å². The summed E-state index contributed by atoms with van der Waals surface area (Å²) in [4.78, 5) is 0. The van der Waals surface area contributed by atoms with Gasteiger partial charge in [-0.05, 0) is 0 Å². The van der Waals surface area contributed by atoms with Gasteiger partial charge in [0.15, 0.2) is 0 Å². The zero-order chi connectivity index (χ0) is 18.8. The summed E-state index contributed by atoms with van der Waals surface area (Å²) in [7, 11) is 0.968. The molecule has 3 unspecified atom stereocenters. The second kappa shape index (κ2) is 12.1. The molecule has 0 radical (unpaired) electrons. The topological polar surface area (TPSA) is 64.6 Å². The minimum absolute atomic E-state index is 0.0875. The van der Waals surface area contributed by atoms with Gasteiger partial charge < -0.3 is 0 Å². The minimum atomic E-state index is -3.98. The quantitative estimate of drug-likeness (QED) is 0.410. The third-order valence-electron chi connectivity index (χ3n) is 3.76. The van der Waals surface area contributed by atoms with Crippen molar-refractivity contribution in [2.75, 3.05) is 21.3 Å². The summed E-state index contributed by atoms with van der Waals surface area (Å²) in [6, 6.07) is 0. The molecular formula is C15H36O7SiTi. The third-order valence-corrected chi connectivity index (χ3v) is 11.0. The fourth-order valence-electron chi connectivity index (χ4n) is 1.67. The van der Waals surface area contributed by atoms with Gasteiger partial charge in [-0.3, -0.25) is 0 Å². The number of hydrogen-bond acceptors (Lipinski definition) is 7. The Morgan fingerprint density at radius 1 is 0.667 bits per heavy atom. The van der Waals surface area contributed by atoms with Crippen molar-refractivity contribution in [3.8, 4) is 0 Å². The van der Waals surface area contributed by atoms with Crippen molar-refractivity contribution in [1.82, 2.24) is 0 Å². The van der Waals surface area contributed by atoms with Gasteiger partial charge in [0.25, 0.3) is 0 Å². The molecule has 9 heteroatoms. The van der Waals surface area contributed by atoms with Crippen LogP contribution in [-0.4, -0.2) is 48.7 Å². The average molecular weight is 404 g/mol. The Kier molecular flexibility index (Phi) is 12.4. The summed E-state index contributed by atoms with van der Waals surface area (Å²) >= 11 is -3.98. The predicted molar refractivity (Wildman–Crippen MR) is 90.4 cm³/mol. The molecule has 0 aromatic carbocycles. The standard InChI is InChI=1S/C12H27O4Si.3CH3O.Ti/c1-7-10(4)14-17(13,15-11(5)8-2)16-12(6)9-3;3*1-2;/h10-12H,7-9H2,1-6H3;3*1H3;/q4*-1;+4. The van der Waals surface area contributed by atoms with Gasteiger partial charge in [-0.25, -0.2) is 0 Å². The van der Waals surface area contributed by atoms with E-state index in [9.17, 15) is 0 Å². The van der Waals surface area contributed by atoms with Gasteiger partial charge in [0.2, 0.25) is 0 Å². The van der Waals surface area contributed by atoms with Crippen molar-refractivity contribution in [2.24, 2.45) is 0 Å². The van der Waals surface area contributed by atoms with E-state index in [1.165, 1.54) is 21.3 Å². The van der Waals surface area contributed by atoms with Crippen LogP contribution < -0.4 is 0 Å². The van der Waals surface area contributed by atoms with Gasteiger partial charge in [0.1, 0.15) is 0 Å². The van der Waals surface area contributed by atoms with Crippen LogP contribution in [0.25, 0.3) is 0 Å². The van der Waals surface area contributed by atoms with Crippen LogP contribution in [0.5, 0.6) is 0 Å².